The van der Waals surface area contributed by atoms with Crippen molar-refractivity contribution in [2.45, 2.75) is 20.5 Å². The molecular formula is C20H19N5O2S. The van der Waals surface area contributed by atoms with Crippen LogP contribution in [0.3, 0.4) is 0 Å². The van der Waals surface area contributed by atoms with Crippen LogP contribution in [0.25, 0.3) is 21.7 Å². The van der Waals surface area contributed by atoms with E-state index in [2.05, 4.69) is 20.3 Å². The number of rotatable bonds is 4. The minimum Gasteiger partial charge on any atom is -0.444 e. The van der Waals surface area contributed by atoms with E-state index in [9.17, 15) is 4.79 Å². The van der Waals surface area contributed by atoms with Gasteiger partial charge in [0.05, 0.1) is 23.1 Å². The Morgan fingerprint density at radius 2 is 2.11 bits per heavy atom. The second-order valence-electron chi connectivity index (χ2n) is 6.48. The van der Waals surface area contributed by atoms with Crippen LogP contribution in [0.2, 0.25) is 0 Å². The van der Waals surface area contributed by atoms with Crippen molar-refractivity contribution in [2.24, 2.45) is 7.05 Å². The average Bonchev–Trinajstić information content (AvgIpc) is 3.23. The number of hydrogen-bond acceptors (Lipinski definition) is 6. The first-order valence-corrected chi connectivity index (χ1v) is 9.56. The number of imidazole rings is 1. The molecule has 0 radical (unpaired) electrons. The number of carbonyl (C=O) groups is 1. The van der Waals surface area contributed by atoms with Crippen molar-refractivity contribution in [3.63, 3.8) is 0 Å². The maximum absolute atomic E-state index is 12.2. The highest BCUT2D eigenvalue weighted by molar-refractivity contribution is 7.19. The van der Waals surface area contributed by atoms with Gasteiger partial charge in [0.25, 0.3) is 0 Å². The van der Waals surface area contributed by atoms with Gasteiger partial charge in [0.2, 0.25) is 0 Å². The van der Waals surface area contributed by atoms with Crippen LogP contribution in [-0.4, -0.2) is 25.6 Å². The number of benzene rings is 1. The molecule has 8 heteroatoms. The molecule has 4 rings (SSSR count). The molecule has 1 N–H and O–H groups in total. The molecule has 4 aromatic rings. The molecule has 7 nitrogen and oxygen atoms in total. The molecule has 0 unspecified atom stereocenters. The Kier molecular flexibility index (Phi) is 4.79. The maximum atomic E-state index is 12.2. The lowest BCUT2D eigenvalue weighted by Gasteiger charge is -2.06. The van der Waals surface area contributed by atoms with Gasteiger partial charge >= 0.3 is 6.09 Å². The van der Waals surface area contributed by atoms with E-state index in [0.29, 0.717) is 5.00 Å². The third-order valence-electron chi connectivity index (χ3n) is 4.38. The monoisotopic (exact) mass is 393 g/mol. The highest BCUT2D eigenvalue weighted by Gasteiger charge is 2.15. The van der Waals surface area contributed by atoms with Crippen molar-refractivity contribution in [3.05, 3.63) is 59.7 Å². The van der Waals surface area contributed by atoms with E-state index in [1.165, 1.54) is 11.3 Å². The van der Waals surface area contributed by atoms with Crippen molar-refractivity contribution in [2.75, 3.05) is 5.32 Å². The van der Waals surface area contributed by atoms with Crippen LogP contribution in [-0.2, 0) is 18.4 Å². The summed E-state index contributed by atoms with van der Waals surface area (Å²) in [5, 5.41) is 4.21. The molecule has 1 amide bonds. The number of thiazole rings is 1. The number of hydrogen-bond donors (Lipinski definition) is 1. The van der Waals surface area contributed by atoms with Gasteiger partial charge in [-0.25, -0.2) is 14.8 Å². The molecule has 1 aromatic carbocycles. The molecule has 0 aliphatic heterocycles. The predicted octanol–water partition coefficient (Wildman–Crippen LogP) is 4.46. The lowest BCUT2D eigenvalue weighted by atomic mass is 10.2. The second-order valence-corrected chi connectivity index (χ2v) is 7.48. The van der Waals surface area contributed by atoms with E-state index in [1.807, 2.05) is 55.8 Å². The van der Waals surface area contributed by atoms with Crippen molar-refractivity contribution >= 4 is 33.5 Å². The second kappa shape index (κ2) is 7.40. The van der Waals surface area contributed by atoms with E-state index in [4.69, 9.17) is 4.74 Å². The fourth-order valence-electron chi connectivity index (χ4n) is 2.87. The number of ether oxygens (including phenoxy) is 1. The van der Waals surface area contributed by atoms with Gasteiger partial charge in [0.1, 0.15) is 22.3 Å². The molecule has 28 heavy (non-hydrogen) atoms. The summed E-state index contributed by atoms with van der Waals surface area (Å²) in [4.78, 5) is 25.5. The number of nitrogens with one attached hydrogen (secondary N) is 1. The van der Waals surface area contributed by atoms with E-state index in [1.54, 1.807) is 12.5 Å². The first-order valence-electron chi connectivity index (χ1n) is 8.74. The summed E-state index contributed by atoms with van der Waals surface area (Å²) in [6.07, 6.45) is 2.98. The zero-order valence-electron chi connectivity index (χ0n) is 15.8. The Hall–Kier alpha value is -3.26. The first kappa shape index (κ1) is 18.1. The lowest BCUT2D eigenvalue weighted by molar-refractivity contribution is 0.155. The summed E-state index contributed by atoms with van der Waals surface area (Å²) in [5.74, 6) is 0. The van der Waals surface area contributed by atoms with Crippen LogP contribution in [0.1, 0.15) is 16.8 Å². The van der Waals surface area contributed by atoms with Crippen molar-refractivity contribution in [1.29, 1.82) is 0 Å². The number of anilines is 1. The SMILES string of the molecule is Cc1cccnc1-c1nc(C)c(NC(=O)OCc2ccc3c(c2)ncn3C)s1. The van der Waals surface area contributed by atoms with Gasteiger partial charge in [-0.1, -0.05) is 23.5 Å². The molecule has 0 saturated heterocycles. The zero-order valence-corrected chi connectivity index (χ0v) is 16.6. The van der Waals surface area contributed by atoms with E-state index < -0.39 is 6.09 Å². The van der Waals surface area contributed by atoms with Gasteiger partial charge in [0, 0.05) is 13.2 Å². The van der Waals surface area contributed by atoms with Crippen LogP contribution >= 0.6 is 11.3 Å². The Morgan fingerprint density at radius 1 is 1.25 bits per heavy atom. The van der Waals surface area contributed by atoms with E-state index in [-0.39, 0.29) is 6.61 Å². The minimum atomic E-state index is -0.517. The topological polar surface area (TPSA) is 81.9 Å². The third-order valence-corrected chi connectivity index (χ3v) is 5.46. The minimum absolute atomic E-state index is 0.169. The first-order chi connectivity index (χ1) is 13.5. The standard InChI is InChI=1S/C20H19N5O2S/c1-12-5-4-8-21-17(12)19-23-13(2)18(28-19)24-20(26)27-10-14-6-7-16-15(9-14)22-11-25(16)3/h4-9,11H,10H2,1-3H3,(H,24,26). The van der Waals surface area contributed by atoms with Gasteiger partial charge < -0.3 is 9.30 Å². The van der Waals surface area contributed by atoms with Crippen LogP contribution in [0.5, 0.6) is 0 Å². The summed E-state index contributed by atoms with van der Waals surface area (Å²) in [6.45, 7) is 4.00. The molecule has 0 saturated carbocycles. The van der Waals surface area contributed by atoms with Gasteiger partial charge in [-0.2, -0.15) is 0 Å². The summed E-state index contributed by atoms with van der Waals surface area (Å²) >= 11 is 1.38. The fourth-order valence-corrected chi connectivity index (χ4v) is 3.89. The van der Waals surface area contributed by atoms with Gasteiger partial charge in [-0.3, -0.25) is 10.3 Å². The van der Waals surface area contributed by atoms with Crippen LogP contribution < -0.4 is 5.32 Å². The molecule has 142 valence electrons. The molecule has 0 fully saturated rings. The molecule has 0 aliphatic rings. The van der Waals surface area contributed by atoms with Crippen LogP contribution in [0, 0.1) is 13.8 Å². The molecule has 0 spiro atoms. The largest absolute Gasteiger partial charge is 0.444 e. The normalized spacial score (nSPS) is 11.0. The van der Waals surface area contributed by atoms with Gasteiger partial charge in [0.15, 0.2) is 0 Å². The maximum Gasteiger partial charge on any atom is 0.412 e. The van der Waals surface area contributed by atoms with Gasteiger partial charge in [-0.05, 0) is 43.2 Å². The highest BCUT2D eigenvalue weighted by atomic mass is 32.1. The highest BCUT2D eigenvalue weighted by Crippen LogP contribution is 2.32. The summed E-state index contributed by atoms with van der Waals surface area (Å²) < 4.78 is 7.30. The number of fused-ring (bicyclic) bond motifs is 1. The Labute approximate surface area is 166 Å². The number of nitrogens with zero attached hydrogens (tertiary/aromatic N) is 4. The van der Waals surface area contributed by atoms with Crippen molar-refractivity contribution in [1.82, 2.24) is 19.5 Å². The molecular weight excluding hydrogens is 374 g/mol. The predicted molar refractivity (Wildman–Crippen MR) is 109 cm³/mol. The smallest absolute Gasteiger partial charge is 0.412 e. The zero-order chi connectivity index (χ0) is 19.7. The Morgan fingerprint density at radius 3 is 2.93 bits per heavy atom. The van der Waals surface area contributed by atoms with Crippen molar-refractivity contribution < 1.29 is 9.53 Å². The van der Waals surface area contributed by atoms with Gasteiger partial charge in [-0.15, -0.1) is 0 Å². The van der Waals surface area contributed by atoms with Crippen LogP contribution in [0.15, 0.2) is 42.9 Å². The number of amides is 1. The van der Waals surface area contributed by atoms with Crippen molar-refractivity contribution in [3.8, 4) is 10.7 Å². The van der Waals surface area contributed by atoms with Crippen LogP contribution in [0.4, 0.5) is 9.80 Å². The third kappa shape index (κ3) is 3.59. The average molecular weight is 393 g/mol. The Bertz CT molecular complexity index is 1160. The molecule has 0 bridgehead atoms. The number of aromatic nitrogens is 4. The molecule has 3 aromatic heterocycles. The number of pyridine rings is 1. The fraction of sp³-hybridized carbons (Fsp3) is 0.200. The summed E-state index contributed by atoms with van der Waals surface area (Å²) in [7, 11) is 1.94. The van der Waals surface area contributed by atoms with E-state index >= 15 is 0 Å². The quantitative estimate of drug-likeness (QED) is 0.554. The molecule has 3 heterocycles. The summed E-state index contributed by atoms with van der Waals surface area (Å²) in [5.41, 5.74) is 5.38. The number of aryl methyl sites for hydroxylation is 3. The molecule has 0 atom stereocenters. The summed E-state index contributed by atoms with van der Waals surface area (Å²) in [6, 6.07) is 9.68. The lowest BCUT2D eigenvalue weighted by Crippen LogP contribution is -2.13. The number of carbonyl (C=O) groups excluding carboxylic acids is 1. The molecule has 0 aliphatic carbocycles. The van der Waals surface area contributed by atoms with E-state index in [0.717, 1.165) is 38.6 Å². The Balaban J connectivity index is 1.43.